The first-order chi connectivity index (χ1) is 13.5. The molecule has 8 nitrogen and oxygen atoms in total. The number of aromatic nitrogens is 1. The molecule has 3 aromatic rings. The van der Waals surface area contributed by atoms with Crippen LogP contribution < -0.4 is 5.32 Å². The van der Waals surface area contributed by atoms with Gasteiger partial charge in [-0.2, -0.15) is 0 Å². The highest BCUT2D eigenvalue weighted by atomic mass is 32.2. The van der Waals surface area contributed by atoms with E-state index in [4.69, 9.17) is 4.42 Å². The van der Waals surface area contributed by atoms with Crippen LogP contribution in [0.5, 0.6) is 0 Å². The summed E-state index contributed by atoms with van der Waals surface area (Å²) in [5.41, 5.74) is 3.02. The molecule has 2 aromatic carbocycles. The summed E-state index contributed by atoms with van der Waals surface area (Å²) in [5.74, 6) is 0.841. The van der Waals surface area contributed by atoms with Crippen molar-refractivity contribution in [3.63, 3.8) is 0 Å². The summed E-state index contributed by atoms with van der Waals surface area (Å²) in [6.45, 7) is 2.37. The van der Waals surface area contributed by atoms with Crippen LogP contribution in [-0.4, -0.2) is 56.0 Å². The Kier molecular flexibility index (Phi) is 5.10. The highest BCUT2D eigenvalue weighted by Gasteiger charge is 2.21. The Balaban J connectivity index is 1.43. The number of nitrogens with one attached hydrogen (secondary N) is 1. The van der Waals surface area contributed by atoms with E-state index >= 15 is 0 Å². The van der Waals surface area contributed by atoms with Crippen molar-refractivity contribution in [2.75, 3.05) is 43.0 Å². The van der Waals surface area contributed by atoms with Gasteiger partial charge in [0, 0.05) is 31.7 Å². The summed E-state index contributed by atoms with van der Waals surface area (Å²) in [4.78, 5) is 17.8. The minimum atomic E-state index is -2.88. The summed E-state index contributed by atoms with van der Waals surface area (Å²) in [5, 5.41) is 6.32. The Morgan fingerprint density at radius 1 is 1.14 bits per heavy atom. The van der Waals surface area contributed by atoms with Gasteiger partial charge in [-0.25, -0.2) is 13.4 Å². The van der Waals surface area contributed by atoms with Gasteiger partial charge in [0.25, 0.3) is 0 Å². The molecule has 0 spiro atoms. The number of para-hydroxylation sites is 2. The number of rotatable bonds is 6. The van der Waals surface area contributed by atoms with Crippen molar-refractivity contribution in [1.82, 2.24) is 9.88 Å². The molecule has 0 atom stereocenters. The molecular formula is C19H20N4O4S. The Hall–Kier alpha value is -2.78. The number of nitroso groups, excluding NO2 is 1. The molecule has 146 valence electrons. The molecule has 2 heterocycles. The lowest BCUT2D eigenvalue weighted by Gasteiger charge is -2.26. The molecule has 0 radical (unpaired) electrons. The molecule has 0 saturated carbocycles. The number of oxazole rings is 1. The molecule has 1 aliphatic heterocycles. The largest absolute Gasteiger partial charge is 0.436 e. The Morgan fingerprint density at radius 3 is 2.68 bits per heavy atom. The SMILES string of the molecule is O=Nc1cc(-c2nc3ccccc3o2)ccc1NCCN1CCS(=O)(=O)CC1. The first kappa shape index (κ1) is 18.6. The van der Waals surface area contributed by atoms with Crippen LogP contribution in [0, 0.1) is 4.91 Å². The summed E-state index contributed by atoms with van der Waals surface area (Å²) < 4.78 is 28.7. The summed E-state index contributed by atoms with van der Waals surface area (Å²) in [6, 6.07) is 12.7. The molecule has 1 aromatic heterocycles. The lowest BCUT2D eigenvalue weighted by Crippen LogP contribution is -2.42. The van der Waals surface area contributed by atoms with Crippen molar-refractivity contribution in [2.45, 2.75) is 0 Å². The fourth-order valence-electron chi connectivity index (χ4n) is 3.21. The van der Waals surface area contributed by atoms with Crippen LogP contribution in [0.2, 0.25) is 0 Å². The minimum absolute atomic E-state index is 0.202. The number of sulfone groups is 1. The number of hydrogen-bond acceptors (Lipinski definition) is 8. The monoisotopic (exact) mass is 400 g/mol. The van der Waals surface area contributed by atoms with Crippen molar-refractivity contribution in [2.24, 2.45) is 5.18 Å². The zero-order valence-electron chi connectivity index (χ0n) is 15.2. The number of nitrogens with zero attached hydrogens (tertiary/aromatic N) is 3. The summed E-state index contributed by atoms with van der Waals surface area (Å²) in [6.07, 6.45) is 0. The third-order valence-electron chi connectivity index (χ3n) is 4.82. The standard InChI is InChI=1S/C19H20N4O4S/c24-22-17-13-14(19-21-16-3-1-2-4-18(16)27-19)5-6-15(17)20-7-8-23-9-11-28(25,26)12-10-23/h1-6,13,20H,7-12H2. The van der Waals surface area contributed by atoms with E-state index in [-0.39, 0.29) is 17.2 Å². The van der Waals surface area contributed by atoms with Crippen molar-refractivity contribution in [3.8, 4) is 11.5 Å². The Bertz CT molecular complexity index is 1060. The third kappa shape index (κ3) is 4.05. The van der Waals surface area contributed by atoms with Gasteiger partial charge in [0.05, 0.1) is 17.2 Å². The first-order valence-electron chi connectivity index (χ1n) is 9.04. The van der Waals surface area contributed by atoms with E-state index < -0.39 is 9.84 Å². The van der Waals surface area contributed by atoms with Gasteiger partial charge >= 0.3 is 0 Å². The van der Waals surface area contributed by atoms with Gasteiger partial charge in [0.2, 0.25) is 5.89 Å². The second kappa shape index (κ2) is 7.69. The van der Waals surface area contributed by atoms with Crippen molar-refractivity contribution in [3.05, 3.63) is 47.4 Å². The number of hydrogen-bond donors (Lipinski definition) is 1. The number of fused-ring (bicyclic) bond motifs is 1. The van der Waals surface area contributed by atoms with Gasteiger partial charge in [0.15, 0.2) is 15.4 Å². The topological polar surface area (TPSA) is 105 Å². The van der Waals surface area contributed by atoms with Crippen LogP contribution >= 0.6 is 0 Å². The predicted molar refractivity (Wildman–Crippen MR) is 108 cm³/mol. The van der Waals surface area contributed by atoms with Crippen LogP contribution in [0.4, 0.5) is 11.4 Å². The van der Waals surface area contributed by atoms with E-state index in [1.165, 1.54) is 0 Å². The second-order valence-electron chi connectivity index (χ2n) is 6.73. The number of benzene rings is 2. The second-order valence-corrected chi connectivity index (χ2v) is 9.03. The molecular weight excluding hydrogens is 380 g/mol. The zero-order chi connectivity index (χ0) is 19.6. The molecule has 0 amide bonds. The lowest BCUT2D eigenvalue weighted by molar-refractivity contribution is 0.307. The van der Waals surface area contributed by atoms with Crippen LogP contribution in [-0.2, 0) is 9.84 Å². The zero-order valence-corrected chi connectivity index (χ0v) is 16.0. The minimum Gasteiger partial charge on any atom is -0.436 e. The summed E-state index contributed by atoms with van der Waals surface area (Å²) in [7, 11) is -2.88. The molecule has 0 bridgehead atoms. The van der Waals surface area contributed by atoms with E-state index in [9.17, 15) is 13.3 Å². The van der Waals surface area contributed by atoms with Crippen molar-refractivity contribution >= 4 is 32.3 Å². The number of anilines is 1. The van der Waals surface area contributed by atoms with Crippen LogP contribution in [0.25, 0.3) is 22.6 Å². The maximum atomic E-state index is 11.5. The highest BCUT2D eigenvalue weighted by Crippen LogP contribution is 2.32. The Labute approximate surface area is 162 Å². The molecule has 0 aliphatic carbocycles. The molecule has 28 heavy (non-hydrogen) atoms. The molecule has 4 rings (SSSR count). The maximum absolute atomic E-state index is 11.5. The van der Waals surface area contributed by atoms with Gasteiger partial charge in [-0.15, -0.1) is 4.91 Å². The quantitative estimate of drug-likeness (QED) is 0.634. The first-order valence-corrected chi connectivity index (χ1v) is 10.9. The lowest BCUT2D eigenvalue weighted by atomic mass is 10.1. The van der Waals surface area contributed by atoms with E-state index in [1.807, 2.05) is 30.3 Å². The van der Waals surface area contributed by atoms with E-state index in [2.05, 4.69) is 20.4 Å². The fraction of sp³-hybridized carbons (Fsp3) is 0.316. The van der Waals surface area contributed by atoms with E-state index in [0.29, 0.717) is 48.9 Å². The van der Waals surface area contributed by atoms with Gasteiger partial charge in [-0.3, -0.25) is 4.90 Å². The van der Waals surface area contributed by atoms with Gasteiger partial charge in [0.1, 0.15) is 11.2 Å². The predicted octanol–water partition coefficient (Wildman–Crippen LogP) is 3.04. The van der Waals surface area contributed by atoms with E-state index in [0.717, 1.165) is 5.52 Å². The van der Waals surface area contributed by atoms with Gasteiger partial charge < -0.3 is 9.73 Å². The molecule has 1 fully saturated rings. The molecule has 1 N–H and O–H groups in total. The molecule has 9 heteroatoms. The normalized spacial score (nSPS) is 16.9. The smallest absolute Gasteiger partial charge is 0.227 e. The van der Waals surface area contributed by atoms with Gasteiger partial charge in [-0.1, -0.05) is 12.1 Å². The Morgan fingerprint density at radius 2 is 1.93 bits per heavy atom. The van der Waals surface area contributed by atoms with Crippen LogP contribution in [0.15, 0.2) is 52.1 Å². The molecule has 0 unspecified atom stereocenters. The van der Waals surface area contributed by atoms with Crippen LogP contribution in [0.3, 0.4) is 0 Å². The van der Waals surface area contributed by atoms with Gasteiger partial charge in [-0.05, 0) is 35.5 Å². The van der Waals surface area contributed by atoms with Crippen molar-refractivity contribution in [1.29, 1.82) is 0 Å². The molecule has 1 saturated heterocycles. The highest BCUT2D eigenvalue weighted by molar-refractivity contribution is 7.91. The average molecular weight is 400 g/mol. The third-order valence-corrected chi connectivity index (χ3v) is 6.43. The fourth-order valence-corrected chi connectivity index (χ4v) is 4.48. The van der Waals surface area contributed by atoms with Crippen LogP contribution in [0.1, 0.15) is 0 Å². The van der Waals surface area contributed by atoms with E-state index in [1.54, 1.807) is 12.1 Å². The molecule has 1 aliphatic rings. The average Bonchev–Trinajstić information content (AvgIpc) is 3.13. The maximum Gasteiger partial charge on any atom is 0.227 e. The van der Waals surface area contributed by atoms with Crippen molar-refractivity contribution < 1.29 is 12.8 Å². The summed E-state index contributed by atoms with van der Waals surface area (Å²) >= 11 is 0.